The van der Waals surface area contributed by atoms with E-state index in [0.29, 0.717) is 19.3 Å². The highest BCUT2D eigenvalue weighted by Gasteiger charge is 2.44. The topological polar surface area (TPSA) is 163 Å². The lowest BCUT2D eigenvalue weighted by Gasteiger charge is -2.40. The largest absolute Gasteiger partial charge is 0.481 e. The second-order valence-corrected chi connectivity index (χ2v) is 14.3. The van der Waals surface area contributed by atoms with E-state index in [2.05, 4.69) is 86.8 Å². The molecule has 7 atom stereocenters. The second-order valence-electron chi connectivity index (χ2n) is 14.3. The number of aliphatic carboxylic acids is 1. The number of aliphatic hydroxyl groups excluding tert-OH is 4. The molecule has 0 bridgehead atoms. The van der Waals surface area contributed by atoms with Gasteiger partial charge in [-0.05, 0) is 83.5 Å². The predicted molar refractivity (Wildman–Crippen MR) is 219 cm³/mol. The highest BCUT2D eigenvalue weighted by atomic mass is 16.7. The van der Waals surface area contributed by atoms with Crippen molar-refractivity contribution < 1.29 is 49.3 Å². The molecule has 1 rings (SSSR count). The van der Waals surface area contributed by atoms with Gasteiger partial charge >= 0.3 is 11.9 Å². The molecule has 55 heavy (non-hydrogen) atoms. The standard InChI is InChI=1S/C45H74O10/c1-3-5-7-9-11-13-15-17-19-21-23-25-27-29-31-33-40(47)54-38(36-53-45-43(50)42(49)41(48)39(35-46)55-45)34-37(44(51)52)32-30-28-26-24-22-20-18-16-14-12-10-8-6-4-2/h5-8,11-14,17-20,37-39,41-43,45-46,48-50H,3-4,9-10,15-16,21-36H2,1-2H3,(H,51,52)/b7-5-,8-6-,13-11-,14-12-,19-17-,20-18-/t37?,38?,39-,41+,42+,43-,45-/m1/s1. The fourth-order valence-electron chi connectivity index (χ4n) is 6.18. The molecule has 10 nitrogen and oxygen atoms in total. The van der Waals surface area contributed by atoms with Crippen LogP contribution in [0.2, 0.25) is 0 Å². The van der Waals surface area contributed by atoms with Gasteiger partial charge < -0.3 is 39.7 Å². The quantitative estimate of drug-likeness (QED) is 0.0248. The Morgan fingerprint density at radius 1 is 0.636 bits per heavy atom. The van der Waals surface area contributed by atoms with E-state index in [1.807, 2.05) is 0 Å². The number of esters is 1. The Morgan fingerprint density at radius 3 is 1.65 bits per heavy atom. The van der Waals surface area contributed by atoms with Gasteiger partial charge in [0.25, 0.3) is 0 Å². The molecule has 1 heterocycles. The molecule has 1 aliphatic heterocycles. The van der Waals surface area contributed by atoms with Gasteiger partial charge in [0.1, 0.15) is 30.5 Å². The molecule has 1 aliphatic rings. The maximum Gasteiger partial charge on any atom is 0.306 e. The third kappa shape index (κ3) is 25.8. The molecule has 1 saturated heterocycles. The second kappa shape index (κ2) is 34.4. The smallest absolute Gasteiger partial charge is 0.306 e. The van der Waals surface area contributed by atoms with Crippen LogP contribution in [-0.2, 0) is 23.8 Å². The zero-order valence-corrected chi connectivity index (χ0v) is 33.8. The maximum absolute atomic E-state index is 12.9. The van der Waals surface area contributed by atoms with Gasteiger partial charge in [0.2, 0.25) is 0 Å². The van der Waals surface area contributed by atoms with Crippen molar-refractivity contribution in [3.8, 4) is 0 Å². The van der Waals surface area contributed by atoms with Crippen LogP contribution < -0.4 is 0 Å². The Balaban J connectivity index is 2.55. The summed E-state index contributed by atoms with van der Waals surface area (Å²) in [6, 6.07) is 0. The van der Waals surface area contributed by atoms with E-state index in [4.69, 9.17) is 14.2 Å². The lowest BCUT2D eigenvalue weighted by Crippen LogP contribution is -2.59. The minimum absolute atomic E-state index is 0.0161. The number of carboxylic acids is 1. The van der Waals surface area contributed by atoms with Gasteiger partial charge in [0.05, 0.1) is 19.1 Å². The SMILES string of the molecule is CC/C=C\C/C=C\C/C=C\CCCCCCCC(=O)OC(CO[C@@H]1O[C@H](CO)[C@H](O)[C@H](O)[C@H]1O)CC(CCCCCC/C=C\C/C=C\C/C=C\CC)C(=O)O. The van der Waals surface area contributed by atoms with Gasteiger partial charge in [-0.15, -0.1) is 0 Å². The first kappa shape index (κ1) is 50.2. The lowest BCUT2D eigenvalue weighted by atomic mass is 9.94. The monoisotopic (exact) mass is 775 g/mol. The molecule has 0 aromatic heterocycles. The molecule has 0 radical (unpaired) electrons. The molecule has 2 unspecified atom stereocenters. The van der Waals surface area contributed by atoms with E-state index in [-0.39, 0.29) is 19.4 Å². The van der Waals surface area contributed by atoms with Crippen LogP contribution in [0.15, 0.2) is 72.9 Å². The molecule has 0 saturated carbocycles. The van der Waals surface area contributed by atoms with Crippen LogP contribution in [0.1, 0.15) is 142 Å². The van der Waals surface area contributed by atoms with Crippen molar-refractivity contribution in [1.82, 2.24) is 0 Å². The van der Waals surface area contributed by atoms with Gasteiger partial charge in [0, 0.05) is 6.42 Å². The number of carboxylic acid groups (broad SMARTS) is 1. The summed E-state index contributed by atoms with van der Waals surface area (Å²) in [5, 5.41) is 50.3. The van der Waals surface area contributed by atoms with E-state index >= 15 is 0 Å². The van der Waals surface area contributed by atoms with Crippen molar-refractivity contribution in [2.45, 2.75) is 179 Å². The first-order chi connectivity index (χ1) is 26.7. The minimum Gasteiger partial charge on any atom is -0.481 e. The number of ether oxygens (including phenoxy) is 3. The van der Waals surface area contributed by atoms with E-state index < -0.39 is 61.3 Å². The molecule has 10 heteroatoms. The number of carbonyl (C=O) groups is 2. The normalized spacial score (nSPS) is 22.0. The third-order valence-electron chi connectivity index (χ3n) is 9.47. The van der Waals surface area contributed by atoms with E-state index in [9.17, 15) is 35.1 Å². The first-order valence-electron chi connectivity index (χ1n) is 21.0. The zero-order chi connectivity index (χ0) is 40.4. The summed E-state index contributed by atoms with van der Waals surface area (Å²) in [5.41, 5.74) is 0. The third-order valence-corrected chi connectivity index (χ3v) is 9.47. The Labute approximate surface area is 331 Å². The molecule has 0 amide bonds. The number of rotatable bonds is 33. The average molecular weight is 775 g/mol. The van der Waals surface area contributed by atoms with Gasteiger partial charge in [-0.1, -0.05) is 125 Å². The van der Waals surface area contributed by atoms with E-state index in [1.54, 1.807) is 0 Å². The molecule has 1 fully saturated rings. The Morgan fingerprint density at radius 2 is 1.13 bits per heavy atom. The molecular weight excluding hydrogens is 700 g/mol. The molecular formula is C45H74O10. The van der Waals surface area contributed by atoms with Crippen LogP contribution in [0.25, 0.3) is 0 Å². The molecule has 5 N–H and O–H groups in total. The number of hydrogen-bond acceptors (Lipinski definition) is 9. The average Bonchev–Trinajstić information content (AvgIpc) is 3.17. The summed E-state index contributed by atoms with van der Waals surface area (Å²) in [4.78, 5) is 25.2. The van der Waals surface area contributed by atoms with E-state index in [1.165, 1.54) is 0 Å². The van der Waals surface area contributed by atoms with Gasteiger partial charge in [-0.25, -0.2) is 0 Å². The zero-order valence-electron chi connectivity index (χ0n) is 33.8. The highest BCUT2D eigenvalue weighted by Crippen LogP contribution is 2.24. The fraction of sp³-hybridized carbons (Fsp3) is 0.689. The summed E-state index contributed by atoms with van der Waals surface area (Å²) in [5.74, 6) is -2.21. The summed E-state index contributed by atoms with van der Waals surface area (Å²) in [6.45, 7) is 3.36. The molecule has 0 aromatic carbocycles. The minimum atomic E-state index is -1.62. The Kier molecular flexibility index (Phi) is 31.4. The van der Waals surface area contributed by atoms with Gasteiger partial charge in [0.15, 0.2) is 6.29 Å². The van der Waals surface area contributed by atoms with Crippen LogP contribution in [0.3, 0.4) is 0 Å². The first-order valence-corrected chi connectivity index (χ1v) is 21.0. The summed E-state index contributed by atoms with van der Waals surface area (Å²) in [6.07, 6.45) is 34.7. The lowest BCUT2D eigenvalue weighted by molar-refractivity contribution is -0.305. The van der Waals surface area contributed by atoms with Crippen molar-refractivity contribution in [2.24, 2.45) is 5.92 Å². The molecule has 0 spiro atoms. The van der Waals surface area contributed by atoms with Crippen LogP contribution in [0.4, 0.5) is 0 Å². The van der Waals surface area contributed by atoms with E-state index in [0.717, 1.165) is 96.3 Å². The summed E-state index contributed by atoms with van der Waals surface area (Å²) in [7, 11) is 0. The van der Waals surface area contributed by atoms with Crippen molar-refractivity contribution in [3.05, 3.63) is 72.9 Å². The van der Waals surface area contributed by atoms with Crippen molar-refractivity contribution in [1.29, 1.82) is 0 Å². The number of aliphatic hydroxyl groups is 4. The van der Waals surface area contributed by atoms with Gasteiger partial charge in [-0.2, -0.15) is 0 Å². The predicted octanol–water partition coefficient (Wildman–Crippen LogP) is 8.59. The number of unbranched alkanes of at least 4 members (excludes halogenated alkanes) is 9. The van der Waals surface area contributed by atoms with Gasteiger partial charge in [-0.3, -0.25) is 9.59 Å². The van der Waals surface area contributed by atoms with Crippen molar-refractivity contribution in [3.63, 3.8) is 0 Å². The van der Waals surface area contributed by atoms with Crippen molar-refractivity contribution in [2.75, 3.05) is 13.2 Å². The fourth-order valence-corrected chi connectivity index (χ4v) is 6.18. The Hall–Kier alpha value is -2.86. The van der Waals surface area contributed by atoms with Crippen LogP contribution >= 0.6 is 0 Å². The maximum atomic E-state index is 12.9. The van der Waals surface area contributed by atoms with Crippen LogP contribution in [-0.4, -0.2) is 87.5 Å². The van der Waals surface area contributed by atoms with Crippen LogP contribution in [0, 0.1) is 5.92 Å². The number of carbonyl (C=O) groups excluding carboxylic acids is 1. The molecule has 0 aliphatic carbocycles. The number of allylic oxidation sites excluding steroid dienone is 12. The molecule has 0 aromatic rings. The highest BCUT2D eigenvalue weighted by molar-refractivity contribution is 5.71. The Bertz CT molecular complexity index is 1140. The number of hydrogen-bond donors (Lipinski definition) is 5. The summed E-state index contributed by atoms with van der Waals surface area (Å²) >= 11 is 0. The molecule has 314 valence electrons. The van der Waals surface area contributed by atoms with Crippen LogP contribution in [0.5, 0.6) is 0 Å². The summed E-state index contributed by atoms with van der Waals surface area (Å²) < 4.78 is 16.9. The van der Waals surface area contributed by atoms with Crippen molar-refractivity contribution >= 4 is 11.9 Å².